The van der Waals surface area contributed by atoms with Gasteiger partial charge in [0, 0.05) is 41.2 Å². The van der Waals surface area contributed by atoms with Crippen molar-refractivity contribution in [2.75, 3.05) is 0 Å². The van der Waals surface area contributed by atoms with E-state index in [9.17, 15) is 9.22 Å². The van der Waals surface area contributed by atoms with E-state index in [-0.39, 0.29) is 60.5 Å². The Bertz CT molecular complexity index is 3390. The smallest absolute Gasteiger partial charge is 0.148 e. The van der Waals surface area contributed by atoms with Crippen LogP contribution >= 0.6 is 0 Å². The molecule has 354 valence electrons. The number of aryl methyl sites for hydroxylation is 1. The Morgan fingerprint density at radius 2 is 1.26 bits per heavy atom. The third-order valence-electron chi connectivity index (χ3n) is 13.1. The number of fused-ring (bicyclic) bond motifs is 1. The van der Waals surface area contributed by atoms with Crippen molar-refractivity contribution < 1.29 is 34.4 Å². The zero-order valence-corrected chi connectivity index (χ0v) is 44.5. The molecule has 1 N–H and O–H groups in total. The van der Waals surface area contributed by atoms with E-state index in [1.807, 2.05) is 79.2 Å². The number of rotatable bonds is 10. The summed E-state index contributed by atoms with van der Waals surface area (Å²) in [5, 5.41) is 12.4. The first-order chi connectivity index (χ1) is 33.7. The number of para-hydroxylation sites is 1. The second-order valence-corrected chi connectivity index (χ2v) is 21.2. The van der Waals surface area contributed by atoms with Crippen molar-refractivity contribution in [3.8, 4) is 67.5 Å². The molecule has 0 aliphatic carbocycles. The fraction of sp³-hybridized carbons (Fsp3) is 0.333. The first kappa shape index (κ1) is 42.5. The number of aromatic hydroxyl groups is 1. The maximum Gasteiger partial charge on any atom is 0.148 e. The molecular formula is C63H70N3OPt-. The van der Waals surface area contributed by atoms with Crippen molar-refractivity contribution in [3.05, 3.63) is 166 Å². The molecule has 0 fully saturated rings. The molecule has 8 aromatic rings. The van der Waals surface area contributed by atoms with Crippen LogP contribution in [0.3, 0.4) is 0 Å². The summed E-state index contributed by atoms with van der Waals surface area (Å²) in [4.78, 5) is 10.3. The zero-order valence-electron chi connectivity index (χ0n) is 48.2. The Kier molecular flexibility index (Phi) is 12.2. The Morgan fingerprint density at radius 3 is 1.90 bits per heavy atom. The van der Waals surface area contributed by atoms with Crippen LogP contribution in [0.5, 0.6) is 5.75 Å². The van der Waals surface area contributed by atoms with Gasteiger partial charge in [-0.25, -0.2) is 4.98 Å². The van der Waals surface area contributed by atoms with Crippen molar-refractivity contribution in [1.82, 2.24) is 14.5 Å². The molecule has 0 unspecified atom stereocenters. The summed E-state index contributed by atoms with van der Waals surface area (Å²) in [6.45, 7) is 25.3. The first-order valence-corrected chi connectivity index (χ1v) is 23.6. The fourth-order valence-electron chi connectivity index (χ4n) is 9.10. The van der Waals surface area contributed by atoms with Gasteiger partial charge >= 0.3 is 0 Å². The number of phenols is 1. The Hall–Kier alpha value is -5.57. The molecule has 0 aliphatic heterocycles. The van der Waals surface area contributed by atoms with Gasteiger partial charge < -0.3 is 5.11 Å². The molecule has 68 heavy (non-hydrogen) atoms. The Morgan fingerprint density at radius 1 is 0.618 bits per heavy atom. The predicted molar refractivity (Wildman–Crippen MR) is 285 cm³/mol. The molecule has 2 aromatic heterocycles. The normalized spacial score (nSPS) is 14.2. The molecule has 5 heteroatoms. The van der Waals surface area contributed by atoms with Gasteiger partial charge in [-0.05, 0) is 127 Å². The van der Waals surface area contributed by atoms with Gasteiger partial charge in [-0.15, -0.1) is 29.3 Å². The van der Waals surface area contributed by atoms with E-state index in [2.05, 4.69) is 104 Å². The summed E-state index contributed by atoms with van der Waals surface area (Å²) in [6.07, 6.45) is 1.84. The van der Waals surface area contributed by atoms with Crippen molar-refractivity contribution in [3.63, 3.8) is 0 Å². The minimum absolute atomic E-state index is 0. The molecule has 8 rings (SSSR count). The van der Waals surface area contributed by atoms with Crippen LogP contribution in [0.1, 0.15) is 168 Å². The van der Waals surface area contributed by atoms with Gasteiger partial charge in [-0.3, -0.25) is 9.55 Å². The van der Waals surface area contributed by atoms with Crippen molar-refractivity contribution in [2.24, 2.45) is 0 Å². The van der Waals surface area contributed by atoms with Crippen molar-refractivity contribution >= 4 is 11.0 Å². The SMILES string of the molecule is [2H]C([2H])([2H])c1cc(-c2c(C(C)C)cccc2C([2H])(C)C)ccc1-n1c(-c2cc(C([2H])(C)C)cc(C([2H])(C)C)c2O)nc2c(-c3[c-]c(-c4cc(-c5ccc(C(C)(C)C)cc5)ccn4)cc(C(C)(C)C)c3)cccc21.[Pt]. The number of hydrogen-bond acceptors (Lipinski definition) is 3. The maximum absolute atomic E-state index is 12.4. The molecule has 0 aliphatic rings. The number of pyridine rings is 1. The van der Waals surface area contributed by atoms with E-state index in [4.69, 9.17) is 14.1 Å². The molecule has 0 bridgehead atoms. The molecule has 4 nitrogen and oxygen atoms in total. The minimum atomic E-state index is -2.64. The van der Waals surface area contributed by atoms with Gasteiger partial charge in [-0.1, -0.05) is 181 Å². The average Bonchev–Trinajstić information content (AvgIpc) is 3.68. The average molecular weight is 1090 g/mol. The molecule has 0 radical (unpaired) electrons. The van der Waals surface area contributed by atoms with Gasteiger partial charge in [0.25, 0.3) is 0 Å². The molecule has 0 amide bonds. The van der Waals surface area contributed by atoms with E-state index < -0.39 is 24.5 Å². The van der Waals surface area contributed by atoms with Crippen LogP contribution in [0.2, 0.25) is 0 Å². The number of benzene rings is 6. The molecule has 0 atom stereocenters. The van der Waals surface area contributed by atoms with E-state index in [1.165, 1.54) is 5.56 Å². The van der Waals surface area contributed by atoms with E-state index >= 15 is 0 Å². The topological polar surface area (TPSA) is 50.9 Å². The van der Waals surface area contributed by atoms with Crippen molar-refractivity contribution in [2.45, 2.75) is 138 Å². The zero-order chi connectivity index (χ0) is 53.5. The first-order valence-electron chi connectivity index (χ1n) is 26.6. The summed E-state index contributed by atoms with van der Waals surface area (Å²) < 4.78 is 56.9. The fourth-order valence-corrected chi connectivity index (χ4v) is 9.10. The number of imidazole rings is 1. The summed E-state index contributed by atoms with van der Waals surface area (Å²) in [5.74, 6) is -3.23. The second kappa shape index (κ2) is 19.4. The van der Waals surface area contributed by atoms with Crippen LogP contribution in [-0.4, -0.2) is 19.6 Å². The predicted octanol–water partition coefficient (Wildman–Crippen LogP) is 17.7. The summed E-state index contributed by atoms with van der Waals surface area (Å²) in [5.41, 5.74) is 13.2. The monoisotopic (exact) mass is 1090 g/mol. The van der Waals surface area contributed by atoms with Gasteiger partial charge in [0.1, 0.15) is 11.6 Å². The summed E-state index contributed by atoms with van der Waals surface area (Å²) in [7, 11) is 0. The maximum atomic E-state index is 12.4. The quantitative estimate of drug-likeness (QED) is 0.139. The van der Waals surface area contributed by atoms with Gasteiger partial charge in [-0.2, -0.15) is 0 Å². The minimum Gasteiger partial charge on any atom is -0.507 e. The molecular weight excluding hydrogens is 1010 g/mol. The van der Waals surface area contributed by atoms with Crippen LogP contribution < -0.4 is 0 Å². The van der Waals surface area contributed by atoms with E-state index in [0.717, 1.165) is 55.8 Å². The molecule has 6 aromatic carbocycles. The summed E-state index contributed by atoms with van der Waals surface area (Å²) in [6, 6.07) is 41.6. The van der Waals surface area contributed by atoms with Crippen LogP contribution in [0.15, 0.2) is 121 Å². The Balaban J connectivity index is 0.00000800. The van der Waals surface area contributed by atoms with Crippen molar-refractivity contribution in [1.29, 1.82) is 0 Å². The van der Waals surface area contributed by atoms with E-state index in [1.54, 1.807) is 45.9 Å². The van der Waals surface area contributed by atoms with E-state index in [0.29, 0.717) is 33.4 Å². The molecule has 0 saturated heterocycles. The molecule has 0 saturated carbocycles. The third kappa shape index (κ3) is 9.82. The number of nitrogens with zero attached hydrogens (tertiary/aromatic N) is 3. The van der Waals surface area contributed by atoms with Gasteiger partial charge in [0.15, 0.2) is 0 Å². The van der Waals surface area contributed by atoms with Gasteiger partial charge in [0.2, 0.25) is 0 Å². The molecule has 2 heterocycles. The largest absolute Gasteiger partial charge is 0.507 e. The van der Waals surface area contributed by atoms with Crippen LogP contribution in [0, 0.1) is 12.9 Å². The molecule has 0 spiro atoms. The second-order valence-electron chi connectivity index (χ2n) is 21.2. The Labute approximate surface area is 430 Å². The standard InChI is InChI=1S/C63H70N3O.Pt/c1-37(2)45-34-53(40(7)8)60(67)54(35-45)61-65-59-52(20-17-21-57(59)66(61)56-27-24-44(30-41(56)9)58-50(38(3)4)18-16-19-51(58)39(5)6)46-31-47(33-49(32-46)63(13,14)15)55-36-43(28-29-64-55)42-22-25-48(26-23-42)62(10,11)12;/h16-30,32-40,67H,1-15H3;/q-1;/i9D3,37D,38D,40D;. The number of aromatic nitrogens is 3. The van der Waals surface area contributed by atoms with Crippen LogP contribution in [0.4, 0.5) is 0 Å². The summed E-state index contributed by atoms with van der Waals surface area (Å²) >= 11 is 0. The number of phenolic OH excluding ortho intramolecular Hbond substituents is 1. The van der Waals surface area contributed by atoms with Crippen LogP contribution in [-0.2, 0) is 31.9 Å². The van der Waals surface area contributed by atoms with Crippen LogP contribution in [0.25, 0.3) is 72.7 Å². The van der Waals surface area contributed by atoms with Gasteiger partial charge in [0.05, 0.1) is 22.3 Å². The third-order valence-corrected chi connectivity index (χ3v) is 13.1. The number of hydrogen-bond donors (Lipinski definition) is 1.